The highest BCUT2D eigenvalue weighted by molar-refractivity contribution is 5.69. The van der Waals surface area contributed by atoms with Crippen molar-refractivity contribution in [2.45, 2.75) is 13.8 Å². The van der Waals surface area contributed by atoms with Crippen molar-refractivity contribution in [1.82, 2.24) is 9.97 Å². The molecule has 1 aromatic heterocycles. The Morgan fingerprint density at radius 1 is 1.36 bits per heavy atom. The van der Waals surface area contributed by atoms with Crippen LogP contribution in [0.15, 0.2) is 13.2 Å². The Hall–Kier alpha value is -1.84. The Labute approximate surface area is 83.8 Å². The van der Waals surface area contributed by atoms with Gasteiger partial charge in [-0.1, -0.05) is 27.0 Å². The molecule has 0 aliphatic heterocycles. The van der Waals surface area contributed by atoms with Crippen LogP contribution >= 0.6 is 0 Å². The highest BCUT2D eigenvalue weighted by Gasteiger charge is 2.02. The van der Waals surface area contributed by atoms with E-state index in [1.807, 2.05) is 13.8 Å². The predicted molar refractivity (Wildman–Crippen MR) is 59.8 cm³/mol. The van der Waals surface area contributed by atoms with Gasteiger partial charge < -0.3 is 4.98 Å². The number of rotatable bonds is 4. The molecular weight excluding hydrogens is 178 g/mol. The summed E-state index contributed by atoms with van der Waals surface area (Å²) in [7, 11) is 0. The van der Waals surface area contributed by atoms with E-state index in [0.717, 1.165) is 5.69 Å². The third-order valence-corrected chi connectivity index (χ3v) is 1.35. The lowest BCUT2D eigenvalue weighted by molar-refractivity contribution is -0.105. The molecule has 4 nitrogen and oxygen atoms in total. The first-order valence-corrected chi connectivity index (χ1v) is 4.37. The standard InChI is InChI=1S/C8H9N3O.C2H6/c1-3-6-7(4-2)11-8(10-6)9-5-12;1-2/h3-5H,1-2H2,(H2,9,10,11,12);1-2H3. The van der Waals surface area contributed by atoms with Crippen LogP contribution in [-0.2, 0) is 4.79 Å². The van der Waals surface area contributed by atoms with Gasteiger partial charge in [-0.2, -0.15) is 0 Å². The second-order valence-electron chi connectivity index (χ2n) is 2.05. The SMILES string of the molecule is C=Cc1nc(NC=O)[nH]c1C=C.CC. The van der Waals surface area contributed by atoms with Gasteiger partial charge in [0, 0.05) is 0 Å². The number of aromatic amines is 1. The van der Waals surface area contributed by atoms with Gasteiger partial charge >= 0.3 is 0 Å². The van der Waals surface area contributed by atoms with E-state index in [-0.39, 0.29) is 0 Å². The second-order valence-corrected chi connectivity index (χ2v) is 2.05. The van der Waals surface area contributed by atoms with E-state index in [0.29, 0.717) is 18.1 Å². The molecule has 2 N–H and O–H groups in total. The lowest BCUT2D eigenvalue weighted by Gasteiger charge is -1.86. The first-order chi connectivity index (χ1) is 6.81. The largest absolute Gasteiger partial charge is 0.324 e. The summed E-state index contributed by atoms with van der Waals surface area (Å²) < 4.78 is 0. The number of carbonyl (C=O) groups is 1. The molecular formula is C10H15N3O. The maximum absolute atomic E-state index is 10.0. The molecule has 1 rings (SSSR count). The monoisotopic (exact) mass is 193 g/mol. The van der Waals surface area contributed by atoms with Gasteiger partial charge in [0.1, 0.15) is 0 Å². The highest BCUT2D eigenvalue weighted by Crippen LogP contribution is 2.11. The molecule has 0 unspecified atom stereocenters. The number of nitrogens with zero attached hydrogens (tertiary/aromatic N) is 1. The van der Waals surface area contributed by atoms with E-state index in [4.69, 9.17) is 0 Å². The molecule has 1 aromatic rings. The normalized spacial score (nSPS) is 8.14. The van der Waals surface area contributed by atoms with E-state index < -0.39 is 0 Å². The molecule has 0 fully saturated rings. The first kappa shape index (κ1) is 12.2. The number of carbonyl (C=O) groups excluding carboxylic acids is 1. The van der Waals surface area contributed by atoms with E-state index >= 15 is 0 Å². The van der Waals surface area contributed by atoms with Crippen molar-refractivity contribution in [2.24, 2.45) is 0 Å². The smallest absolute Gasteiger partial charge is 0.213 e. The van der Waals surface area contributed by atoms with Crippen molar-refractivity contribution in [2.75, 3.05) is 5.32 Å². The minimum absolute atomic E-state index is 0.398. The molecule has 4 heteroatoms. The quantitative estimate of drug-likeness (QED) is 0.721. The van der Waals surface area contributed by atoms with Crippen LogP contribution in [0.1, 0.15) is 25.2 Å². The van der Waals surface area contributed by atoms with Gasteiger partial charge in [0.05, 0.1) is 11.4 Å². The van der Waals surface area contributed by atoms with Crippen molar-refractivity contribution in [3.8, 4) is 0 Å². The summed E-state index contributed by atoms with van der Waals surface area (Å²) in [4.78, 5) is 16.9. The fraction of sp³-hybridized carbons (Fsp3) is 0.200. The Balaban J connectivity index is 0.000000791. The van der Waals surface area contributed by atoms with Gasteiger partial charge in [0.25, 0.3) is 0 Å². The van der Waals surface area contributed by atoms with Crippen LogP contribution in [0.5, 0.6) is 0 Å². The molecule has 0 radical (unpaired) electrons. The van der Waals surface area contributed by atoms with Crippen molar-refractivity contribution >= 4 is 24.5 Å². The van der Waals surface area contributed by atoms with Crippen molar-refractivity contribution in [3.05, 3.63) is 24.5 Å². The van der Waals surface area contributed by atoms with Gasteiger partial charge in [-0.3, -0.25) is 10.1 Å². The number of H-pyrrole nitrogens is 1. The number of anilines is 1. The third-order valence-electron chi connectivity index (χ3n) is 1.35. The number of imidazole rings is 1. The summed E-state index contributed by atoms with van der Waals surface area (Å²) in [6, 6.07) is 0. The molecule has 0 saturated carbocycles. The Morgan fingerprint density at radius 3 is 2.36 bits per heavy atom. The fourth-order valence-corrected chi connectivity index (χ4v) is 0.836. The zero-order valence-corrected chi connectivity index (χ0v) is 8.50. The lowest BCUT2D eigenvalue weighted by Crippen LogP contribution is -1.94. The number of amides is 1. The van der Waals surface area contributed by atoms with Crippen molar-refractivity contribution in [1.29, 1.82) is 0 Å². The molecule has 14 heavy (non-hydrogen) atoms. The Morgan fingerprint density at radius 2 is 2.00 bits per heavy atom. The average molecular weight is 193 g/mol. The maximum Gasteiger partial charge on any atom is 0.213 e. The van der Waals surface area contributed by atoms with E-state index in [1.54, 1.807) is 12.2 Å². The average Bonchev–Trinajstić information content (AvgIpc) is 2.64. The second kappa shape index (κ2) is 6.65. The summed E-state index contributed by atoms with van der Waals surface area (Å²) >= 11 is 0. The summed E-state index contributed by atoms with van der Waals surface area (Å²) in [5.41, 5.74) is 1.42. The molecule has 0 aromatic carbocycles. The maximum atomic E-state index is 10.0. The van der Waals surface area contributed by atoms with Crippen molar-refractivity contribution in [3.63, 3.8) is 0 Å². The van der Waals surface area contributed by atoms with Gasteiger partial charge in [-0.25, -0.2) is 4.98 Å². The summed E-state index contributed by atoms with van der Waals surface area (Å²) in [5.74, 6) is 0.398. The summed E-state index contributed by atoms with van der Waals surface area (Å²) in [5, 5.41) is 2.39. The molecule has 0 bridgehead atoms. The molecule has 0 atom stereocenters. The number of aromatic nitrogens is 2. The summed E-state index contributed by atoms with van der Waals surface area (Å²) in [6.07, 6.45) is 3.75. The minimum atomic E-state index is 0.398. The fourth-order valence-electron chi connectivity index (χ4n) is 0.836. The van der Waals surface area contributed by atoms with Gasteiger partial charge in [0.2, 0.25) is 12.4 Å². The van der Waals surface area contributed by atoms with E-state index in [9.17, 15) is 4.79 Å². The first-order valence-electron chi connectivity index (χ1n) is 4.37. The third kappa shape index (κ3) is 2.90. The predicted octanol–water partition coefficient (Wildman–Crippen LogP) is 2.29. The Bertz CT molecular complexity index is 290. The lowest BCUT2D eigenvalue weighted by atomic mass is 10.3. The molecule has 0 aliphatic rings. The van der Waals surface area contributed by atoms with Gasteiger partial charge in [0.15, 0.2) is 0 Å². The minimum Gasteiger partial charge on any atom is -0.324 e. The van der Waals surface area contributed by atoms with Gasteiger partial charge in [-0.15, -0.1) is 0 Å². The van der Waals surface area contributed by atoms with Crippen LogP contribution in [0, 0.1) is 0 Å². The molecule has 76 valence electrons. The van der Waals surface area contributed by atoms with Crippen LogP contribution in [-0.4, -0.2) is 16.4 Å². The zero-order valence-electron chi connectivity index (χ0n) is 8.50. The number of nitrogens with one attached hydrogen (secondary N) is 2. The molecule has 0 spiro atoms. The zero-order chi connectivity index (χ0) is 11.0. The molecule has 1 amide bonds. The number of hydrogen-bond donors (Lipinski definition) is 2. The Kier molecular flexibility index (Phi) is 5.78. The molecule has 0 saturated heterocycles. The van der Waals surface area contributed by atoms with Crippen LogP contribution < -0.4 is 5.32 Å². The van der Waals surface area contributed by atoms with Crippen molar-refractivity contribution < 1.29 is 4.79 Å². The van der Waals surface area contributed by atoms with Crippen LogP contribution in [0.4, 0.5) is 5.95 Å². The number of hydrogen-bond acceptors (Lipinski definition) is 2. The van der Waals surface area contributed by atoms with Crippen LogP contribution in [0.3, 0.4) is 0 Å². The molecule has 1 heterocycles. The molecule has 0 aliphatic carbocycles. The van der Waals surface area contributed by atoms with Gasteiger partial charge in [-0.05, 0) is 12.2 Å². The van der Waals surface area contributed by atoms with E-state index in [2.05, 4.69) is 28.4 Å². The summed E-state index contributed by atoms with van der Waals surface area (Å²) in [6.45, 7) is 11.1. The van der Waals surface area contributed by atoms with Crippen LogP contribution in [0.2, 0.25) is 0 Å². The van der Waals surface area contributed by atoms with Crippen LogP contribution in [0.25, 0.3) is 12.2 Å². The highest BCUT2D eigenvalue weighted by atomic mass is 16.1. The van der Waals surface area contributed by atoms with E-state index in [1.165, 1.54) is 0 Å². The topological polar surface area (TPSA) is 57.8 Å².